The van der Waals surface area contributed by atoms with Crippen molar-refractivity contribution in [2.45, 2.75) is 19.0 Å². The van der Waals surface area contributed by atoms with E-state index in [1.165, 1.54) is 0 Å². The van der Waals surface area contributed by atoms with Gasteiger partial charge in [0, 0.05) is 11.4 Å². The van der Waals surface area contributed by atoms with Crippen molar-refractivity contribution in [1.29, 1.82) is 0 Å². The fraction of sp³-hybridized carbons (Fsp3) is 0.143. The minimum Gasteiger partial charge on any atom is -0.286 e. The number of nitrogens with zero attached hydrogens (tertiary/aromatic N) is 3. The van der Waals surface area contributed by atoms with Crippen LogP contribution in [0.3, 0.4) is 0 Å². The number of para-hydroxylation sites is 1. The van der Waals surface area contributed by atoms with Crippen molar-refractivity contribution in [2.75, 3.05) is 4.72 Å². The number of benzene rings is 1. The first-order chi connectivity index (χ1) is 11.3. The Morgan fingerprint density at radius 2 is 1.67 bits per heavy atom. The minimum absolute atomic E-state index is 0.115. The molecule has 1 aromatic carbocycles. The Morgan fingerprint density at radius 3 is 2.25 bits per heavy atom. The van der Waals surface area contributed by atoms with E-state index in [-0.39, 0.29) is 5.95 Å². The molecule has 3 rings (SSSR count). The van der Waals surface area contributed by atoms with Crippen LogP contribution in [0.1, 0.15) is 11.4 Å². The summed E-state index contributed by atoms with van der Waals surface area (Å²) in [4.78, 5) is 3.90. The third kappa shape index (κ3) is 2.75. The lowest BCUT2D eigenvalue weighted by Crippen LogP contribution is -2.16. The highest BCUT2D eigenvalue weighted by Gasteiger charge is 2.24. The van der Waals surface area contributed by atoms with E-state index in [0.29, 0.717) is 0 Å². The molecule has 10 heteroatoms. The maximum absolute atomic E-state index is 13.6. The molecule has 0 unspecified atom stereocenters. The van der Waals surface area contributed by atoms with E-state index < -0.39 is 32.5 Å². The second-order valence-electron chi connectivity index (χ2n) is 5.09. The molecule has 0 amide bonds. The Labute approximate surface area is 136 Å². The predicted octanol–water partition coefficient (Wildman–Crippen LogP) is 2.29. The van der Waals surface area contributed by atoms with Crippen LogP contribution in [-0.4, -0.2) is 28.2 Å². The number of nitrogens with one attached hydrogen (secondary N) is 2. The van der Waals surface area contributed by atoms with Gasteiger partial charge in [-0.3, -0.25) is 9.29 Å². The third-order valence-electron chi connectivity index (χ3n) is 3.38. The molecule has 24 heavy (non-hydrogen) atoms. The quantitative estimate of drug-likeness (QED) is 0.753. The Kier molecular flexibility index (Phi) is 3.84. The highest BCUT2D eigenvalue weighted by Crippen LogP contribution is 2.21. The summed E-state index contributed by atoms with van der Waals surface area (Å²) < 4.78 is 55.2. The van der Waals surface area contributed by atoms with Gasteiger partial charge in [0.1, 0.15) is 17.3 Å². The van der Waals surface area contributed by atoms with Crippen LogP contribution in [-0.2, 0) is 10.0 Å². The molecule has 7 nitrogen and oxygen atoms in total. The summed E-state index contributed by atoms with van der Waals surface area (Å²) in [5, 5.41) is 5.58. The molecular formula is C14H13F2N5O2S. The molecule has 0 fully saturated rings. The van der Waals surface area contributed by atoms with Crippen molar-refractivity contribution in [3.8, 4) is 5.95 Å². The molecule has 0 radical (unpaired) electrons. The number of aromatic nitrogens is 4. The van der Waals surface area contributed by atoms with Crippen molar-refractivity contribution < 1.29 is 17.2 Å². The summed E-state index contributed by atoms with van der Waals surface area (Å²) >= 11 is 0. The molecule has 0 aliphatic heterocycles. The van der Waals surface area contributed by atoms with Crippen molar-refractivity contribution in [2.24, 2.45) is 0 Å². The fourth-order valence-corrected chi connectivity index (χ4v) is 3.15. The van der Waals surface area contributed by atoms with E-state index in [1.807, 2.05) is 30.7 Å². The maximum Gasteiger partial charge on any atom is 0.297 e. The van der Waals surface area contributed by atoms with Crippen LogP contribution in [0.2, 0.25) is 0 Å². The smallest absolute Gasteiger partial charge is 0.286 e. The van der Waals surface area contributed by atoms with Gasteiger partial charge in [-0.2, -0.15) is 13.4 Å². The number of aryl methyl sites for hydroxylation is 2. The van der Waals surface area contributed by atoms with Crippen molar-refractivity contribution >= 4 is 15.7 Å². The number of aromatic amines is 1. The zero-order valence-electron chi connectivity index (χ0n) is 12.7. The fourth-order valence-electron chi connectivity index (χ4n) is 2.22. The van der Waals surface area contributed by atoms with E-state index in [1.54, 1.807) is 4.57 Å². The van der Waals surface area contributed by atoms with Gasteiger partial charge in [0.2, 0.25) is 0 Å². The average molecular weight is 353 g/mol. The molecule has 0 saturated carbocycles. The molecule has 0 atom stereocenters. The molecule has 0 aliphatic rings. The number of hydrogen-bond donors (Lipinski definition) is 2. The Balaban J connectivity index is 1.97. The molecule has 0 aliphatic carbocycles. The Hall–Kier alpha value is -2.75. The molecule has 126 valence electrons. The zero-order valence-corrected chi connectivity index (χ0v) is 13.5. The summed E-state index contributed by atoms with van der Waals surface area (Å²) in [5.41, 5.74) is 0.843. The predicted molar refractivity (Wildman–Crippen MR) is 82.4 cm³/mol. The largest absolute Gasteiger partial charge is 0.297 e. The van der Waals surface area contributed by atoms with Gasteiger partial charge >= 0.3 is 0 Å². The maximum atomic E-state index is 13.6. The molecule has 2 N–H and O–H groups in total. The lowest BCUT2D eigenvalue weighted by Gasteiger charge is -2.07. The van der Waals surface area contributed by atoms with E-state index in [2.05, 4.69) is 15.2 Å². The van der Waals surface area contributed by atoms with Crippen molar-refractivity contribution in [3.05, 3.63) is 53.4 Å². The second kappa shape index (κ2) is 5.71. The van der Waals surface area contributed by atoms with Gasteiger partial charge in [0.25, 0.3) is 21.1 Å². The number of hydrogen-bond acceptors (Lipinski definition) is 4. The van der Waals surface area contributed by atoms with Crippen molar-refractivity contribution in [1.82, 2.24) is 19.7 Å². The molecule has 2 heterocycles. The minimum atomic E-state index is -4.33. The van der Waals surface area contributed by atoms with Crippen LogP contribution in [0.4, 0.5) is 14.5 Å². The summed E-state index contributed by atoms with van der Waals surface area (Å²) in [5.74, 6) is -1.95. The molecule has 3 aromatic rings. The highest BCUT2D eigenvalue weighted by atomic mass is 32.2. The first kappa shape index (κ1) is 16.1. The summed E-state index contributed by atoms with van der Waals surface area (Å²) in [6.45, 7) is 3.62. The summed E-state index contributed by atoms with van der Waals surface area (Å²) in [6, 6.07) is 6.67. The lowest BCUT2D eigenvalue weighted by atomic mass is 10.3. The standard InChI is InChI=1S/C14H13F2N5O2S/c1-8-6-7-9(2)21(8)13-17-14(19-18-13)24(22,23)20-12-10(15)4-3-5-11(12)16/h3-7,20H,1-2H3,(H,17,18,19). The Morgan fingerprint density at radius 1 is 1.08 bits per heavy atom. The molecule has 2 aromatic heterocycles. The van der Waals surface area contributed by atoms with E-state index >= 15 is 0 Å². The van der Waals surface area contributed by atoms with Crippen LogP contribution in [0, 0.1) is 25.5 Å². The molecule has 0 saturated heterocycles. The number of halogens is 2. The average Bonchev–Trinajstić information content (AvgIpc) is 3.11. The molecular weight excluding hydrogens is 340 g/mol. The van der Waals surface area contributed by atoms with E-state index in [0.717, 1.165) is 29.6 Å². The molecule has 0 bridgehead atoms. The van der Waals surface area contributed by atoms with Gasteiger partial charge in [-0.05, 0) is 38.1 Å². The third-order valence-corrected chi connectivity index (χ3v) is 4.54. The van der Waals surface area contributed by atoms with Gasteiger partial charge in [-0.1, -0.05) is 6.07 Å². The van der Waals surface area contributed by atoms with E-state index in [9.17, 15) is 17.2 Å². The summed E-state index contributed by atoms with van der Waals surface area (Å²) in [6.07, 6.45) is 0. The topological polar surface area (TPSA) is 92.7 Å². The first-order valence-corrected chi connectivity index (χ1v) is 8.32. The van der Waals surface area contributed by atoms with Crippen LogP contribution < -0.4 is 4.72 Å². The van der Waals surface area contributed by atoms with Gasteiger partial charge < -0.3 is 0 Å². The van der Waals surface area contributed by atoms with Crippen LogP contribution >= 0.6 is 0 Å². The highest BCUT2D eigenvalue weighted by molar-refractivity contribution is 7.92. The van der Waals surface area contributed by atoms with Gasteiger partial charge in [-0.25, -0.2) is 13.9 Å². The number of anilines is 1. The first-order valence-electron chi connectivity index (χ1n) is 6.84. The number of sulfonamides is 1. The number of H-pyrrole nitrogens is 1. The van der Waals surface area contributed by atoms with E-state index in [4.69, 9.17) is 0 Å². The van der Waals surface area contributed by atoms with Crippen LogP contribution in [0.15, 0.2) is 35.5 Å². The monoisotopic (exact) mass is 353 g/mol. The van der Waals surface area contributed by atoms with Crippen LogP contribution in [0.25, 0.3) is 5.95 Å². The van der Waals surface area contributed by atoms with Crippen LogP contribution in [0.5, 0.6) is 0 Å². The van der Waals surface area contributed by atoms with Gasteiger partial charge in [-0.15, -0.1) is 5.10 Å². The van der Waals surface area contributed by atoms with Gasteiger partial charge in [0.05, 0.1) is 0 Å². The molecule has 0 spiro atoms. The Bertz CT molecular complexity index is 970. The van der Waals surface area contributed by atoms with Crippen molar-refractivity contribution in [3.63, 3.8) is 0 Å². The normalized spacial score (nSPS) is 11.7. The summed E-state index contributed by atoms with van der Waals surface area (Å²) in [7, 11) is -4.33. The SMILES string of the molecule is Cc1ccc(C)n1-c1n[nH]c(S(=O)(=O)Nc2c(F)cccc2F)n1. The van der Waals surface area contributed by atoms with Gasteiger partial charge in [0.15, 0.2) is 0 Å². The lowest BCUT2D eigenvalue weighted by molar-refractivity contribution is 0.579. The second-order valence-corrected chi connectivity index (χ2v) is 6.69. The zero-order chi connectivity index (χ0) is 17.5. The number of rotatable bonds is 4.